The Balaban J connectivity index is 1.95. The Bertz CT molecular complexity index is 495. The molecule has 0 radical (unpaired) electrons. The quantitative estimate of drug-likeness (QED) is 0.840. The van der Waals surface area contributed by atoms with E-state index in [1.54, 1.807) is 48.7 Å². The minimum atomic E-state index is -0.210. The first-order valence-electron chi connectivity index (χ1n) is 5.23. The number of rotatable bonds is 3. The first-order valence-corrected chi connectivity index (χ1v) is 5.23. The normalized spacial score (nSPS) is 9.88. The van der Waals surface area contributed by atoms with Gasteiger partial charge >= 0.3 is 0 Å². The van der Waals surface area contributed by atoms with Gasteiger partial charge in [-0.05, 0) is 29.8 Å². The van der Waals surface area contributed by atoms with Gasteiger partial charge in [-0.1, -0.05) is 18.2 Å². The number of aromatic nitrogens is 1. The summed E-state index contributed by atoms with van der Waals surface area (Å²) in [4.78, 5) is 15.6. The van der Waals surface area contributed by atoms with Crippen LogP contribution in [0.5, 0.6) is 5.75 Å². The summed E-state index contributed by atoms with van der Waals surface area (Å²) in [5.41, 5.74) is 1.32. The molecule has 2 aromatic rings. The number of hydrogen-bond donors (Lipinski definition) is 2. The molecule has 1 aromatic heterocycles. The third-order valence-electron chi connectivity index (χ3n) is 2.29. The van der Waals surface area contributed by atoms with E-state index < -0.39 is 0 Å². The number of aromatic hydroxyl groups is 1. The van der Waals surface area contributed by atoms with Gasteiger partial charge in [0.05, 0.1) is 0 Å². The van der Waals surface area contributed by atoms with E-state index in [0.717, 1.165) is 5.56 Å². The predicted molar refractivity (Wildman–Crippen MR) is 63.5 cm³/mol. The maximum atomic E-state index is 11.7. The lowest BCUT2D eigenvalue weighted by molar-refractivity contribution is 0.0946. The maximum absolute atomic E-state index is 11.7. The SMILES string of the molecule is O=C(NCc1ccc(O)cc1)c1ccccn1. The Morgan fingerprint density at radius 2 is 1.94 bits per heavy atom. The minimum Gasteiger partial charge on any atom is -0.508 e. The second-order valence-electron chi connectivity index (χ2n) is 3.56. The monoisotopic (exact) mass is 228 g/mol. The van der Waals surface area contributed by atoms with Crippen LogP contribution < -0.4 is 5.32 Å². The second-order valence-corrected chi connectivity index (χ2v) is 3.56. The van der Waals surface area contributed by atoms with Crippen LogP contribution in [-0.2, 0) is 6.54 Å². The van der Waals surface area contributed by atoms with E-state index >= 15 is 0 Å². The average Bonchev–Trinajstić information content (AvgIpc) is 2.39. The molecule has 4 heteroatoms. The van der Waals surface area contributed by atoms with Crippen molar-refractivity contribution in [3.05, 3.63) is 59.9 Å². The second kappa shape index (κ2) is 5.12. The summed E-state index contributed by atoms with van der Waals surface area (Å²) in [5.74, 6) is 0.00322. The predicted octanol–water partition coefficient (Wildman–Crippen LogP) is 1.72. The van der Waals surface area contributed by atoms with Gasteiger partial charge < -0.3 is 10.4 Å². The van der Waals surface area contributed by atoms with Crippen LogP contribution in [0.4, 0.5) is 0 Å². The topological polar surface area (TPSA) is 62.2 Å². The first-order chi connectivity index (χ1) is 8.25. The fourth-order valence-electron chi connectivity index (χ4n) is 1.38. The Morgan fingerprint density at radius 1 is 1.18 bits per heavy atom. The van der Waals surface area contributed by atoms with E-state index in [1.165, 1.54) is 0 Å². The van der Waals surface area contributed by atoms with Crippen LogP contribution >= 0.6 is 0 Å². The van der Waals surface area contributed by atoms with Gasteiger partial charge in [-0.2, -0.15) is 0 Å². The summed E-state index contributed by atoms with van der Waals surface area (Å²) in [6.07, 6.45) is 1.58. The lowest BCUT2D eigenvalue weighted by atomic mass is 10.2. The molecule has 0 aliphatic heterocycles. The molecule has 0 spiro atoms. The van der Waals surface area contributed by atoms with E-state index in [-0.39, 0.29) is 11.7 Å². The number of carbonyl (C=O) groups is 1. The number of phenolic OH excluding ortho intramolecular Hbond substituents is 1. The van der Waals surface area contributed by atoms with Crippen LogP contribution in [0.2, 0.25) is 0 Å². The van der Waals surface area contributed by atoms with Crippen molar-refractivity contribution in [2.24, 2.45) is 0 Å². The average molecular weight is 228 g/mol. The van der Waals surface area contributed by atoms with Crippen LogP contribution in [0.1, 0.15) is 16.1 Å². The number of amides is 1. The Labute approximate surface area is 98.9 Å². The molecule has 0 saturated carbocycles. The molecule has 2 rings (SSSR count). The molecule has 86 valence electrons. The third kappa shape index (κ3) is 3.04. The zero-order chi connectivity index (χ0) is 12.1. The summed E-state index contributed by atoms with van der Waals surface area (Å²) < 4.78 is 0. The molecular formula is C13H12N2O2. The number of phenols is 1. The zero-order valence-corrected chi connectivity index (χ0v) is 9.13. The third-order valence-corrected chi connectivity index (χ3v) is 2.29. The lowest BCUT2D eigenvalue weighted by Crippen LogP contribution is -2.23. The molecule has 1 aromatic carbocycles. The van der Waals surface area contributed by atoms with Crippen molar-refractivity contribution in [1.82, 2.24) is 10.3 Å². The van der Waals surface area contributed by atoms with Gasteiger partial charge in [0.2, 0.25) is 0 Å². The van der Waals surface area contributed by atoms with Crippen molar-refractivity contribution in [2.75, 3.05) is 0 Å². The molecule has 17 heavy (non-hydrogen) atoms. The number of nitrogens with zero attached hydrogens (tertiary/aromatic N) is 1. The molecule has 0 aliphatic carbocycles. The lowest BCUT2D eigenvalue weighted by Gasteiger charge is -2.04. The molecule has 0 fully saturated rings. The number of benzene rings is 1. The number of hydrogen-bond acceptors (Lipinski definition) is 3. The largest absolute Gasteiger partial charge is 0.508 e. The molecule has 0 bridgehead atoms. The van der Waals surface area contributed by atoms with Crippen LogP contribution in [0.15, 0.2) is 48.7 Å². The molecular weight excluding hydrogens is 216 g/mol. The standard InChI is InChI=1S/C13H12N2O2/c16-11-6-4-10(5-7-11)9-15-13(17)12-3-1-2-8-14-12/h1-8,16H,9H2,(H,15,17). The van der Waals surface area contributed by atoms with Crippen LogP contribution in [0.25, 0.3) is 0 Å². The summed E-state index contributed by atoms with van der Waals surface area (Å²) in [5, 5.41) is 11.9. The molecule has 0 aliphatic rings. The van der Waals surface area contributed by atoms with Gasteiger partial charge in [0.25, 0.3) is 5.91 Å². The van der Waals surface area contributed by atoms with Crippen LogP contribution in [0.3, 0.4) is 0 Å². The molecule has 4 nitrogen and oxygen atoms in total. The highest BCUT2D eigenvalue weighted by Gasteiger charge is 2.05. The van der Waals surface area contributed by atoms with E-state index in [0.29, 0.717) is 12.2 Å². The number of nitrogens with one attached hydrogen (secondary N) is 1. The highest BCUT2D eigenvalue weighted by atomic mass is 16.3. The number of carbonyl (C=O) groups excluding carboxylic acids is 1. The highest BCUT2D eigenvalue weighted by Crippen LogP contribution is 2.09. The molecule has 1 amide bonds. The van der Waals surface area contributed by atoms with Crippen LogP contribution in [0, 0.1) is 0 Å². The van der Waals surface area contributed by atoms with E-state index in [2.05, 4.69) is 10.3 Å². The zero-order valence-electron chi connectivity index (χ0n) is 9.13. The minimum absolute atomic E-state index is 0.210. The summed E-state index contributed by atoms with van der Waals surface area (Å²) in [7, 11) is 0. The smallest absolute Gasteiger partial charge is 0.270 e. The van der Waals surface area contributed by atoms with Gasteiger partial charge in [0, 0.05) is 12.7 Å². The maximum Gasteiger partial charge on any atom is 0.270 e. The van der Waals surface area contributed by atoms with Gasteiger partial charge in [-0.15, -0.1) is 0 Å². The fraction of sp³-hybridized carbons (Fsp3) is 0.0769. The Hall–Kier alpha value is -2.36. The van der Waals surface area contributed by atoms with Gasteiger partial charge in [0.15, 0.2) is 0 Å². The van der Waals surface area contributed by atoms with Crippen molar-refractivity contribution >= 4 is 5.91 Å². The van der Waals surface area contributed by atoms with Gasteiger partial charge in [0.1, 0.15) is 11.4 Å². The Kier molecular flexibility index (Phi) is 3.35. The number of pyridine rings is 1. The van der Waals surface area contributed by atoms with Crippen molar-refractivity contribution in [3.63, 3.8) is 0 Å². The fourth-order valence-corrected chi connectivity index (χ4v) is 1.38. The van der Waals surface area contributed by atoms with Gasteiger partial charge in [-0.25, -0.2) is 0 Å². The van der Waals surface area contributed by atoms with Crippen molar-refractivity contribution < 1.29 is 9.90 Å². The summed E-state index contributed by atoms with van der Waals surface area (Å²) in [6, 6.07) is 11.9. The molecule has 1 heterocycles. The van der Waals surface area contributed by atoms with Crippen molar-refractivity contribution in [3.8, 4) is 5.75 Å². The Morgan fingerprint density at radius 3 is 2.59 bits per heavy atom. The van der Waals surface area contributed by atoms with Crippen LogP contribution in [-0.4, -0.2) is 16.0 Å². The molecule has 0 atom stereocenters. The van der Waals surface area contributed by atoms with Crippen molar-refractivity contribution in [1.29, 1.82) is 0 Å². The van der Waals surface area contributed by atoms with E-state index in [9.17, 15) is 4.79 Å². The van der Waals surface area contributed by atoms with E-state index in [1.807, 2.05) is 0 Å². The first kappa shape index (κ1) is 11.1. The summed E-state index contributed by atoms with van der Waals surface area (Å²) in [6.45, 7) is 0.412. The molecule has 2 N–H and O–H groups in total. The van der Waals surface area contributed by atoms with Crippen molar-refractivity contribution in [2.45, 2.75) is 6.54 Å². The molecule has 0 saturated heterocycles. The van der Waals surface area contributed by atoms with E-state index in [4.69, 9.17) is 5.11 Å². The van der Waals surface area contributed by atoms with Gasteiger partial charge in [-0.3, -0.25) is 9.78 Å². The highest BCUT2D eigenvalue weighted by molar-refractivity contribution is 5.92. The summed E-state index contributed by atoms with van der Waals surface area (Å²) >= 11 is 0. The molecule has 0 unspecified atom stereocenters.